The molecule has 1 aromatic carbocycles. The predicted octanol–water partition coefficient (Wildman–Crippen LogP) is -1.77. The number of rotatable bonds is 1. The number of benzene rings is 1. The molecule has 1 amide bonds. The van der Waals surface area contributed by atoms with E-state index in [1.165, 1.54) is 0 Å². The van der Waals surface area contributed by atoms with Gasteiger partial charge in [0, 0.05) is 7.05 Å². The van der Waals surface area contributed by atoms with Crippen LogP contribution in [0.4, 0.5) is 0 Å². The van der Waals surface area contributed by atoms with Crippen LogP contribution in [0.15, 0.2) is 24.3 Å². The first-order chi connectivity index (χ1) is 5.25. The molecule has 0 heterocycles. The first kappa shape index (κ1) is 11.2. The summed E-state index contributed by atoms with van der Waals surface area (Å²) in [5.74, 6) is -0.0874. The fourth-order valence-electron chi connectivity index (χ4n) is 0.876. The van der Waals surface area contributed by atoms with Gasteiger partial charge in [-0.05, 0) is 0 Å². The first-order valence-electron chi connectivity index (χ1n) is 3.39. The van der Waals surface area contributed by atoms with Crippen molar-refractivity contribution in [3.63, 3.8) is 0 Å². The SMILES string of the molecule is [CH2-]c1ccccc1C(=O)NC.[Li+]. The summed E-state index contributed by atoms with van der Waals surface area (Å²) in [7, 11) is 1.61. The fraction of sp³-hybridized carbons (Fsp3) is 0.111. The normalized spacial score (nSPS) is 8.42. The number of amides is 1. The Morgan fingerprint density at radius 2 is 2.00 bits per heavy atom. The van der Waals surface area contributed by atoms with E-state index in [1.54, 1.807) is 13.1 Å². The van der Waals surface area contributed by atoms with Crippen LogP contribution in [0.3, 0.4) is 0 Å². The molecule has 1 N–H and O–H groups in total. The average Bonchev–Trinajstić information content (AvgIpc) is 2.04. The second-order valence-electron chi connectivity index (χ2n) is 2.24. The van der Waals surface area contributed by atoms with Crippen molar-refractivity contribution in [2.24, 2.45) is 0 Å². The minimum atomic E-state index is -0.0874. The third kappa shape index (κ3) is 2.33. The van der Waals surface area contributed by atoms with Crippen LogP contribution in [0.2, 0.25) is 0 Å². The van der Waals surface area contributed by atoms with Gasteiger partial charge < -0.3 is 5.32 Å². The third-order valence-corrected chi connectivity index (χ3v) is 1.49. The average molecular weight is 155 g/mol. The van der Waals surface area contributed by atoms with Gasteiger partial charge in [-0.25, -0.2) is 0 Å². The van der Waals surface area contributed by atoms with Gasteiger partial charge in [-0.2, -0.15) is 18.6 Å². The van der Waals surface area contributed by atoms with E-state index in [2.05, 4.69) is 12.2 Å². The summed E-state index contributed by atoms with van der Waals surface area (Å²) in [6.45, 7) is 3.73. The van der Waals surface area contributed by atoms with Crippen LogP contribution in [0, 0.1) is 6.92 Å². The van der Waals surface area contributed by atoms with E-state index < -0.39 is 0 Å². The molecule has 0 aliphatic heterocycles. The second-order valence-corrected chi connectivity index (χ2v) is 2.24. The fourth-order valence-corrected chi connectivity index (χ4v) is 0.876. The summed E-state index contributed by atoms with van der Waals surface area (Å²) in [4.78, 5) is 11.1. The molecule has 0 atom stereocenters. The Hall–Kier alpha value is -0.843. The van der Waals surface area contributed by atoms with E-state index in [4.69, 9.17) is 0 Å². The Morgan fingerprint density at radius 1 is 1.42 bits per heavy atom. The molecule has 2 nitrogen and oxygen atoms in total. The molecule has 0 aliphatic rings. The van der Waals surface area contributed by atoms with Gasteiger partial charge >= 0.3 is 18.9 Å². The Morgan fingerprint density at radius 3 is 2.50 bits per heavy atom. The minimum absolute atomic E-state index is 0. The first-order valence-corrected chi connectivity index (χ1v) is 3.39. The molecule has 3 heteroatoms. The standard InChI is InChI=1S/C9H10NO.Li/c1-7-5-3-4-6-8(7)9(11)10-2;/h3-6H,1H2,2H3,(H,10,11);/q-1;+1. The molecular weight excluding hydrogens is 145 g/mol. The molecule has 0 unspecified atom stereocenters. The van der Waals surface area contributed by atoms with Crippen molar-refractivity contribution in [1.29, 1.82) is 0 Å². The molecule has 0 aromatic heterocycles. The van der Waals surface area contributed by atoms with Crippen LogP contribution < -0.4 is 24.2 Å². The van der Waals surface area contributed by atoms with E-state index in [1.807, 2.05) is 18.2 Å². The van der Waals surface area contributed by atoms with Gasteiger partial charge in [-0.15, -0.1) is 12.1 Å². The quantitative estimate of drug-likeness (QED) is 0.377. The Labute approximate surface area is 84.5 Å². The van der Waals surface area contributed by atoms with Gasteiger partial charge in [0.05, 0.1) is 0 Å². The van der Waals surface area contributed by atoms with Gasteiger partial charge in [0.2, 0.25) is 0 Å². The molecule has 0 radical (unpaired) electrons. The van der Waals surface area contributed by atoms with Crippen molar-refractivity contribution in [3.05, 3.63) is 42.3 Å². The molecule has 1 rings (SSSR count). The summed E-state index contributed by atoms with van der Waals surface area (Å²) in [6, 6.07) is 7.24. The maximum absolute atomic E-state index is 11.1. The molecule has 58 valence electrons. The minimum Gasteiger partial charge on any atom is -0.365 e. The number of hydrogen-bond donors (Lipinski definition) is 1. The second kappa shape index (κ2) is 4.92. The zero-order valence-electron chi connectivity index (χ0n) is 7.42. The van der Waals surface area contributed by atoms with Gasteiger partial charge in [0.15, 0.2) is 5.91 Å². The van der Waals surface area contributed by atoms with Crippen LogP contribution in [0.1, 0.15) is 15.9 Å². The van der Waals surface area contributed by atoms with E-state index in [0.717, 1.165) is 5.56 Å². The molecule has 0 spiro atoms. The van der Waals surface area contributed by atoms with E-state index in [9.17, 15) is 4.79 Å². The monoisotopic (exact) mass is 155 g/mol. The predicted molar refractivity (Wildman–Crippen MR) is 44.3 cm³/mol. The van der Waals surface area contributed by atoms with Crippen molar-refractivity contribution in [1.82, 2.24) is 5.32 Å². The molecule has 0 fully saturated rings. The number of carbonyl (C=O) groups excluding carboxylic acids is 1. The maximum Gasteiger partial charge on any atom is 1.00 e. The zero-order chi connectivity index (χ0) is 8.27. The van der Waals surface area contributed by atoms with Crippen LogP contribution in [-0.4, -0.2) is 13.0 Å². The molecule has 12 heavy (non-hydrogen) atoms. The van der Waals surface area contributed by atoms with Crippen LogP contribution in [0.5, 0.6) is 0 Å². The molecule has 0 saturated carbocycles. The molecule has 0 saturated heterocycles. The summed E-state index contributed by atoms with van der Waals surface area (Å²) in [5.41, 5.74) is 1.39. The molecular formula is C9H10LiNO. The van der Waals surface area contributed by atoms with Gasteiger partial charge in [0.1, 0.15) is 0 Å². The maximum atomic E-state index is 11.1. The van der Waals surface area contributed by atoms with E-state index in [-0.39, 0.29) is 24.8 Å². The van der Waals surface area contributed by atoms with Crippen molar-refractivity contribution in [2.45, 2.75) is 0 Å². The van der Waals surface area contributed by atoms with Gasteiger partial charge in [-0.3, -0.25) is 4.79 Å². The molecule has 0 aliphatic carbocycles. The number of carbonyl (C=O) groups is 1. The van der Waals surface area contributed by atoms with E-state index >= 15 is 0 Å². The van der Waals surface area contributed by atoms with Crippen LogP contribution >= 0.6 is 0 Å². The van der Waals surface area contributed by atoms with Crippen molar-refractivity contribution >= 4 is 5.91 Å². The summed E-state index contributed by atoms with van der Waals surface area (Å²) in [5, 5.41) is 2.54. The zero-order valence-corrected chi connectivity index (χ0v) is 7.42. The van der Waals surface area contributed by atoms with Crippen molar-refractivity contribution < 1.29 is 23.7 Å². The largest absolute Gasteiger partial charge is 1.00 e. The smallest absolute Gasteiger partial charge is 0.365 e. The Kier molecular flexibility index (Phi) is 4.57. The van der Waals surface area contributed by atoms with Gasteiger partial charge in [0.25, 0.3) is 0 Å². The Balaban J connectivity index is 0.00000121. The van der Waals surface area contributed by atoms with Gasteiger partial charge in [-0.1, -0.05) is 11.6 Å². The Bertz CT molecular complexity index is 273. The summed E-state index contributed by atoms with van der Waals surface area (Å²) in [6.07, 6.45) is 0. The number of hydrogen-bond acceptors (Lipinski definition) is 1. The number of nitrogens with one attached hydrogen (secondary N) is 1. The summed E-state index contributed by atoms with van der Waals surface area (Å²) < 4.78 is 0. The third-order valence-electron chi connectivity index (χ3n) is 1.49. The van der Waals surface area contributed by atoms with Crippen LogP contribution in [0.25, 0.3) is 0 Å². The van der Waals surface area contributed by atoms with E-state index in [0.29, 0.717) is 5.56 Å². The molecule has 1 aromatic rings. The van der Waals surface area contributed by atoms with Crippen molar-refractivity contribution in [2.75, 3.05) is 7.05 Å². The van der Waals surface area contributed by atoms with Crippen LogP contribution in [-0.2, 0) is 0 Å². The topological polar surface area (TPSA) is 29.1 Å². The summed E-state index contributed by atoms with van der Waals surface area (Å²) >= 11 is 0. The molecule has 0 bridgehead atoms. The van der Waals surface area contributed by atoms with Crippen molar-refractivity contribution in [3.8, 4) is 0 Å².